The fraction of sp³-hybridized carbons (Fsp3) is 0.222. The van der Waals surface area contributed by atoms with Crippen LogP contribution in [0.15, 0.2) is 17.1 Å². The molecule has 86 valence electrons. The second-order valence-electron chi connectivity index (χ2n) is 3.08. The van der Waals surface area contributed by atoms with Crippen molar-refractivity contribution in [1.29, 1.82) is 0 Å². The second kappa shape index (κ2) is 4.89. The smallest absolute Gasteiger partial charge is 0.297 e. The summed E-state index contributed by atoms with van der Waals surface area (Å²) in [6, 6.07) is 2.07. The van der Waals surface area contributed by atoms with E-state index < -0.39 is 16.4 Å². The van der Waals surface area contributed by atoms with Gasteiger partial charge in [-0.2, -0.15) is 0 Å². The molecule has 5 nitrogen and oxygen atoms in total. The van der Waals surface area contributed by atoms with Gasteiger partial charge in [-0.25, -0.2) is 9.38 Å². The first-order valence-electron chi connectivity index (χ1n) is 4.29. The highest BCUT2D eigenvalue weighted by atomic mass is 35.5. The molecule has 1 aromatic carbocycles. The van der Waals surface area contributed by atoms with E-state index in [1.54, 1.807) is 0 Å². The van der Waals surface area contributed by atoms with Gasteiger partial charge >= 0.3 is 0 Å². The first kappa shape index (κ1) is 12.4. The van der Waals surface area contributed by atoms with Crippen LogP contribution in [0.5, 0.6) is 0 Å². The number of nitrogens with two attached hydrogens (primary N) is 1. The van der Waals surface area contributed by atoms with Crippen LogP contribution in [0.1, 0.15) is 5.56 Å². The van der Waals surface area contributed by atoms with Gasteiger partial charge in [0.15, 0.2) is 0 Å². The number of hydrogen-bond acceptors (Lipinski definition) is 3. The van der Waals surface area contributed by atoms with E-state index in [1.165, 1.54) is 13.0 Å². The van der Waals surface area contributed by atoms with Gasteiger partial charge in [0.05, 0.1) is 16.9 Å². The molecule has 7 heteroatoms. The second-order valence-corrected chi connectivity index (χ2v) is 3.35. The Morgan fingerprint density at radius 2 is 2.31 bits per heavy atom. The van der Waals surface area contributed by atoms with Crippen molar-refractivity contribution in [3.63, 3.8) is 0 Å². The largest absolute Gasteiger partial charge is 0.386 e. The zero-order valence-corrected chi connectivity index (χ0v) is 9.16. The fourth-order valence-corrected chi connectivity index (χ4v) is 1.14. The summed E-state index contributed by atoms with van der Waals surface area (Å²) in [6.45, 7) is 1.48. The Morgan fingerprint density at radius 1 is 1.69 bits per heavy atom. The van der Waals surface area contributed by atoms with Crippen molar-refractivity contribution in [3.05, 3.63) is 33.6 Å². The molecule has 0 heterocycles. The van der Waals surface area contributed by atoms with Crippen LogP contribution < -0.4 is 5.73 Å². The predicted octanol–water partition coefficient (Wildman–Crippen LogP) is 2.27. The highest BCUT2D eigenvalue weighted by Gasteiger charge is 2.16. The molecule has 0 unspecified atom stereocenters. The third kappa shape index (κ3) is 2.66. The molecule has 1 rings (SSSR count). The highest BCUT2D eigenvalue weighted by Crippen LogP contribution is 2.29. The van der Waals surface area contributed by atoms with E-state index >= 15 is 0 Å². The third-order valence-corrected chi connectivity index (χ3v) is 2.13. The lowest BCUT2D eigenvalue weighted by Crippen LogP contribution is -2.12. The molecule has 0 aliphatic heterocycles. The minimum Gasteiger partial charge on any atom is -0.386 e. The standard InChI is InChI=1S/C9H9ClFN3O2/c1-5-2-7(13-9(12)4-10)8(14(15)16)3-6(5)11/h2-3H,4H2,1H3,(H2,12,13). The molecule has 0 fully saturated rings. The first-order valence-corrected chi connectivity index (χ1v) is 4.82. The van der Waals surface area contributed by atoms with Crippen molar-refractivity contribution in [2.45, 2.75) is 6.92 Å². The number of hydrogen-bond donors (Lipinski definition) is 1. The fourth-order valence-electron chi connectivity index (χ4n) is 1.08. The van der Waals surface area contributed by atoms with E-state index in [0.717, 1.165) is 6.07 Å². The number of rotatable bonds is 3. The van der Waals surface area contributed by atoms with Crippen molar-refractivity contribution >= 4 is 28.8 Å². The van der Waals surface area contributed by atoms with Crippen LogP contribution >= 0.6 is 11.6 Å². The van der Waals surface area contributed by atoms with Crippen LogP contribution in [-0.4, -0.2) is 16.6 Å². The number of aliphatic imine (C=N–C) groups is 1. The maximum absolute atomic E-state index is 13.1. The summed E-state index contributed by atoms with van der Waals surface area (Å²) in [4.78, 5) is 13.7. The number of benzene rings is 1. The van der Waals surface area contributed by atoms with Crippen molar-refractivity contribution < 1.29 is 9.31 Å². The van der Waals surface area contributed by atoms with E-state index in [-0.39, 0.29) is 23.0 Å². The average molecular weight is 246 g/mol. The van der Waals surface area contributed by atoms with Crippen LogP contribution in [0, 0.1) is 22.9 Å². The number of alkyl halides is 1. The summed E-state index contributed by atoms with van der Waals surface area (Å²) in [6.07, 6.45) is 0. The lowest BCUT2D eigenvalue weighted by Gasteiger charge is -2.01. The van der Waals surface area contributed by atoms with Crippen molar-refractivity contribution in [2.75, 3.05) is 5.88 Å². The maximum atomic E-state index is 13.1. The molecular weight excluding hydrogens is 237 g/mol. The molecule has 0 spiro atoms. The lowest BCUT2D eigenvalue weighted by molar-refractivity contribution is -0.384. The molecule has 0 aliphatic carbocycles. The van der Waals surface area contributed by atoms with Crippen molar-refractivity contribution in [1.82, 2.24) is 0 Å². The SMILES string of the molecule is Cc1cc(N=C(N)CCl)c([N+](=O)[O-])cc1F. The molecule has 0 amide bonds. The van der Waals surface area contributed by atoms with Gasteiger partial charge in [0, 0.05) is 0 Å². The summed E-state index contributed by atoms with van der Waals surface area (Å²) in [5.41, 5.74) is 5.19. The summed E-state index contributed by atoms with van der Waals surface area (Å²) >= 11 is 5.41. The number of nitro groups is 1. The van der Waals surface area contributed by atoms with Gasteiger partial charge < -0.3 is 5.73 Å². The van der Waals surface area contributed by atoms with Crippen LogP contribution in [0.4, 0.5) is 15.8 Å². The molecule has 1 aromatic rings. The highest BCUT2D eigenvalue weighted by molar-refractivity contribution is 6.28. The summed E-state index contributed by atoms with van der Waals surface area (Å²) < 4.78 is 13.1. The molecule has 0 saturated heterocycles. The van der Waals surface area contributed by atoms with Gasteiger partial charge in [-0.15, -0.1) is 11.6 Å². The monoisotopic (exact) mass is 245 g/mol. The van der Waals surface area contributed by atoms with Crippen LogP contribution in [0.3, 0.4) is 0 Å². The Balaban J connectivity index is 3.36. The molecule has 0 bridgehead atoms. The van der Waals surface area contributed by atoms with Crippen molar-refractivity contribution in [2.24, 2.45) is 10.7 Å². The summed E-state index contributed by atoms with van der Waals surface area (Å²) in [5.74, 6) is -0.668. The third-order valence-electron chi connectivity index (χ3n) is 1.85. The maximum Gasteiger partial charge on any atom is 0.297 e. The van der Waals surface area contributed by atoms with Crippen LogP contribution in [-0.2, 0) is 0 Å². The Labute approximate surface area is 95.9 Å². The lowest BCUT2D eigenvalue weighted by atomic mass is 10.2. The number of amidine groups is 1. The minimum absolute atomic E-state index is 0.00190. The van der Waals surface area contributed by atoms with Crippen molar-refractivity contribution in [3.8, 4) is 0 Å². The molecule has 16 heavy (non-hydrogen) atoms. The normalized spacial score (nSPS) is 11.6. The molecule has 0 aromatic heterocycles. The molecule has 2 N–H and O–H groups in total. The van der Waals surface area contributed by atoms with Gasteiger partial charge in [0.25, 0.3) is 5.69 Å². The summed E-state index contributed by atoms with van der Waals surface area (Å²) in [7, 11) is 0. The minimum atomic E-state index is -0.719. The van der Waals surface area contributed by atoms with Crippen LogP contribution in [0.2, 0.25) is 0 Å². The molecular formula is C9H9ClFN3O2. The zero-order valence-electron chi connectivity index (χ0n) is 8.41. The van der Waals surface area contributed by atoms with Crippen LogP contribution in [0.25, 0.3) is 0 Å². The predicted molar refractivity (Wildman–Crippen MR) is 59.8 cm³/mol. The summed E-state index contributed by atoms with van der Waals surface area (Å²) in [5, 5.41) is 10.7. The van der Waals surface area contributed by atoms with Gasteiger partial charge in [0.2, 0.25) is 0 Å². The quantitative estimate of drug-likeness (QED) is 0.292. The van der Waals surface area contributed by atoms with E-state index in [1.807, 2.05) is 0 Å². The Bertz CT molecular complexity index is 462. The average Bonchev–Trinajstić information content (AvgIpc) is 2.22. The number of aryl methyl sites for hydroxylation is 1. The van der Waals surface area contributed by atoms with Gasteiger partial charge in [-0.1, -0.05) is 0 Å². The molecule has 0 atom stereocenters. The molecule has 0 radical (unpaired) electrons. The van der Waals surface area contributed by atoms with E-state index in [0.29, 0.717) is 0 Å². The Hall–Kier alpha value is -1.69. The van der Waals surface area contributed by atoms with E-state index in [9.17, 15) is 14.5 Å². The molecule has 0 aliphatic rings. The number of nitro benzene ring substituents is 1. The zero-order chi connectivity index (χ0) is 12.3. The Kier molecular flexibility index (Phi) is 3.78. The van der Waals surface area contributed by atoms with E-state index in [2.05, 4.69) is 4.99 Å². The van der Waals surface area contributed by atoms with Gasteiger partial charge in [-0.3, -0.25) is 10.1 Å². The first-order chi connectivity index (χ1) is 7.45. The number of halogens is 2. The van der Waals surface area contributed by atoms with E-state index in [4.69, 9.17) is 17.3 Å². The van der Waals surface area contributed by atoms with Gasteiger partial charge in [0.1, 0.15) is 17.3 Å². The van der Waals surface area contributed by atoms with Gasteiger partial charge in [-0.05, 0) is 18.6 Å². The Morgan fingerprint density at radius 3 is 2.81 bits per heavy atom. The topological polar surface area (TPSA) is 81.5 Å². The number of nitrogens with zero attached hydrogens (tertiary/aromatic N) is 2. The molecule has 0 saturated carbocycles.